The molecule has 1 amide bonds. The number of hydrogen-bond acceptors (Lipinski definition) is 8. The summed E-state index contributed by atoms with van der Waals surface area (Å²) >= 11 is 1.52. The minimum atomic E-state index is -1.15. The molecule has 0 saturated carbocycles. The quantitative estimate of drug-likeness (QED) is 0.354. The number of β-amino-alcohol motifs (C(OH)–C–C–N with tert-alkyl or cyclic N) is 1. The number of aliphatic hydroxyl groups excluding tert-OH is 2. The molecule has 1 fully saturated rings. The summed E-state index contributed by atoms with van der Waals surface area (Å²) in [6, 6.07) is 19.1. The zero-order valence-corrected chi connectivity index (χ0v) is 20.7. The number of thiophene rings is 1. The fourth-order valence-electron chi connectivity index (χ4n) is 4.67. The van der Waals surface area contributed by atoms with Gasteiger partial charge in [-0.15, -0.1) is 11.3 Å². The van der Waals surface area contributed by atoms with Gasteiger partial charge in [0.2, 0.25) is 0 Å². The zero-order valence-electron chi connectivity index (χ0n) is 19.9. The molecule has 9 heteroatoms. The van der Waals surface area contributed by atoms with Crippen molar-refractivity contribution < 1.29 is 15.0 Å². The van der Waals surface area contributed by atoms with Gasteiger partial charge in [0.05, 0.1) is 18.9 Å². The Hall–Kier alpha value is -3.21. The van der Waals surface area contributed by atoms with Crippen LogP contribution >= 0.6 is 11.3 Å². The van der Waals surface area contributed by atoms with Crippen molar-refractivity contribution >= 4 is 27.5 Å². The fourth-order valence-corrected chi connectivity index (χ4v) is 5.67. The van der Waals surface area contributed by atoms with Crippen LogP contribution in [-0.4, -0.2) is 81.8 Å². The maximum Gasteiger partial charge on any atom is 0.253 e. The molecule has 2 aromatic heterocycles. The summed E-state index contributed by atoms with van der Waals surface area (Å²) in [5.41, 5.74) is 8.54. The van der Waals surface area contributed by atoms with Crippen LogP contribution in [0.15, 0.2) is 67.0 Å². The lowest BCUT2D eigenvalue weighted by atomic mass is 9.87. The van der Waals surface area contributed by atoms with E-state index in [-0.39, 0.29) is 19.1 Å². The molecule has 1 saturated heterocycles. The van der Waals surface area contributed by atoms with Gasteiger partial charge in [0.15, 0.2) is 0 Å². The van der Waals surface area contributed by atoms with Crippen molar-refractivity contribution in [2.45, 2.75) is 5.54 Å². The second-order valence-electron chi connectivity index (χ2n) is 8.98. The second kappa shape index (κ2) is 10.4. The van der Waals surface area contributed by atoms with Crippen molar-refractivity contribution in [3.8, 4) is 10.4 Å². The van der Waals surface area contributed by atoms with E-state index in [0.29, 0.717) is 30.9 Å². The van der Waals surface area contributed by atoms with Gasteiger partial charge in [-0.2, -0.15) is 0 Å². The number of nitrogens with two attached hydrogens (primary N) is 1. The molecule has 4 aromatic rings. The number of benzene rings is 2. The maximum atomic E-state index is 13.0. The Bertz CT molecular complexity index is 1340. The zero-order chi connectivity index (χ0) is 25.1. The van der Waals surface area contributed by atoms with Crippen molar-refractivity contribution in [1.29, 1.82) is 0 Å². The number of aliphatic hydroxyl groups is 2. The number of aromatic nitrogens is 2. The van der Waals surface area contributed by atoms with E-state index < -0.39 is 5.54 Å². The summed E-state index contributed by atoms with van der Waals surface area (Å²) in [6.07, 6.45) is 1.49. The van der Waals surface area contributed by atoms with Gasteiger partial charge < -0.3 is 20.8 Å². The number of fused-ring (bicyclic) bond motifs is 1. The number of carbonyl (C=O) groups excluding carboxylic acids is 1. The molecule has 0 radical (unpaired) electrons. The Morgan fingerprint density at radius 2 is 1.72 bits per heavy atom. The minimum absolute atomic E-state index is 0.0217. The Labute approximate surface area is 213 Å². The lowest BCUT2D eigenvalue weighted by molar-refractivity contribution is 0.0615. The first-order chi connectivity index (χ1) is 17.5. The Morgan fingerprint density at radius 3 is 2.39 bits per heavy atom. The molecule has 0 unspecified atom stereocenters. The molecule has 1 aliphatic heterocycles. The van der Waals surface area contributed by atoms with Crippen molar-refractivity contribution in [3.05, 3.63) is 83.8 Å². The van der Waals surface area contributed by atoms with Crippen LogP contribution in [-0.2, 0) is 5.54 Å². The van der Waals surface area contributed by atoms with Gasteiger partial charge in [-0.25, -0.2) is 9.97 Å². The number of carbonyl (C=O) groups is 1. The van der Waals surface area contributed by atoms with Crippen LogP contribution in [0.3, 0.4) is 0 Å². The molecule has 1 aliphatic rings. The van der Waals surface area contributed by atoms with E-state index in [9.17, 15) is 9.90 Å². The summed E-state index contributed by atoms with van der Waals surface area (Å²) in [5, 5.41) is 20.2. The molecular formula is C27H29N5O3S. The number of nitrogens with zero attached hydrogens (tertiary/aromatic N) is 4. The molecule has 8 nitrogen and oxygen atoms in total. The van der Waals surface area contributed by atoms with Crippen LogP contribution in [0.4, 0.5) is 0 Å². The molecular weight excluding hydrogens is 474 g/mol. The standard InChI is InChI=1S/C27H29N5O3S/c28-27(17-34,21-4-2-1-3-5-21)24-22-16-23(36-25(22)30-18-29-24)19-6-8-20(9-7-19)26(35)32-12-10-31(11-13-32)14-15-33/h1-9,16,18,33-34H,10-15,17,28H2/t27-/m0/s1. The van der Waals surface area contributed by atoms with Crippen LogP contribution in [0.5, 0.6) is 0 Å². The number of rotatable bonds is 7. The molecule has 36 heavy (non-hydrogen) atoms. The molecule has 0 bridgehead atoms. The summed E-state index contributed by atoms with van der Waals surface area (Å²) < 4.78 is 0. The molecule has 4 N–H and O–H groups in total. The highest BCUT2D eigenvalue weighted by atomic mass is 32.1. The number of amides is 1. The Kier molecular flexibility index (Phi) is 7.08. The first-order valence-corrected chi connectivity index (χ1v) is 12.8. The van der Waals surface area contributed by atoms with Crippen LogP contribution in [0.2, 0.25) is 0 Å². The fraction of sp³-hybridized carbons (Fsp3) is 0.296. The van der Waals surface area contributed by atoms with Gasteiger partial charge in [0.1, 0.15) is 16.7 Å². The average Bonchev–Trinajstić information content (AvgIpc) is 3.38. The molecule has 5 rings (SSSR count). The predicted molar refractivity (Wildman–Crippen MR) is 141 cm³/mol. The van der Waals surface area contributed by atoms with E-state index in [1.807, 2.05) is 65.6 Å². The highest BCUT2D eigenvalue weighted by Crippen LogP contribution is 2.37. The number of piperazine rings is 1. The largest absolute Gasteiger partial charge is 0.395 e. The van der Waals surface area contributed by atoms with Gasteiger partial charge in [0, 0.05) is 48.6 Å². The molecule has 1 atom stereocenters. The van der Waals surface area contributed by atoms with Crippen molar-refractivity contribution in [1.82, 2.24) is 19.8 Å². The van der Waals surface area contributed by atoms with E-state index in [2.05, 4.69) is 14.9 Å². The molecule has 0 spiro atoms. The first-order valence-electron chi connectivity index (χ1n) is 12.0. The summed E-state index contributed by atoms with van der Waals surface area (Å²) in [6.45, 7) is 3.35. The number of hydrogen-bond donors (Lipinski definition) is 3. The third kappa shape index (κ3) is 4.63. The predicted octanol–water partition coefficient (Wildman–Crippen LogP) is 2.30. The Balaban J connectivity index is 1.40. The van der Waals surface area contributed by atoms with Crippen molar-refractivity contribution in [2.75, 3.05) is 45.9 Å². The van der Waals surface area contributed by atoms with Crippen LogP contribution in [0.25, 0.3) is 20.7 Å². The normalized spacial score (nSPS) is 16.2. The maximum absolute atomic E-state index is 13.0. The molecule has 3 heterocycles. The third-order valence-corrected chi connectivity index (χ3v) is 7.87. The second-order valence-corrected chi connectivity index (χ2v) is 10.0. The highest BCUT2D eigenvalue weighted by Gasteiger charge is 2.33. The van der Waals surface area contributed by atoms with Crippen molar-refractivity contribution in [3.63, 3.8) is 0 Å². The van der Waals surface area contributed by atoms with Crippen molar-refractivity contribution in [2.24, 2.45) is 5.73 Å². The van der Waals surface area contributed by atoms with E-state index >= 15 is 0 Å². The van der Waals surface area contributed by atoms with Gasteiger partial charge >= 0.3 is 0 Å². The van der Waals surface area contributed by atoms with Crippen LogP contribution in [0.1, 0.15) is 21.6 Å². The van der Waals surface area contributed by atoms with Crippen LogP contribution < -0.4 is 5.73 Å². The third-order valence-electron chi connectivity index (χ3n) is 6.78. The summed E-state index contributed by atoms with van der Waals surface area (Å²) in [5.74, 6) is 0.0217. The van der Waals surface area contributed by atoms with E-state index in [0.717, 1.165) is 39.3 Å². The van der Waals surface area contributed by atoms with Gasteiger partial charge in [0.25, 0.3) is 5.91 Å². The lowest BCUT2D eigenvalue weighted by Gasteiger charge is -2.34. The minimum Gasteiger partial charge on any atom is -0.395 e. The lowest BCUT2D eigenvalue weighted by Crippen LogP contribution is -2.49. The Morgan fingerprint density at radius 1 is 1.00 bits per heavy atom. The van der Waals surface area contributed by atoms with Crippen LogP contribution in [0, 0.1) is 0 Å². The molecule has 186 valence electrons. The monoisotopic (exact) mass is 503 g/mol. The first kappa shape index (κ1) is 24.5. The van der Waals surface area contributed by atoms with Gasteiger partial charge in [-0.05, 0) is 29.3 Å². The van der Waals surface area contributed by atoms with E-state index in [1.165, 1.54) is 17.7 Å². The summed E-state index contributed by atoms with van der Waals surface area (Å²) in [4.78, 5) is 27.7. The highest BCUT2D eigenvalue weighted by molar-refractivity contribution is 7.21. The average molecular weight is 504 g/mol. The molecule has 0 aliphatic carbocycles. The SMILES string of the molecule is N[C@@](CO)(c1ccccc1)c1ncnc2sc(-c3ccc(C(=O)N4CCN(CCO)CC4)cc3)cc12. The smallest absolute Gasteiger partial charge is 0.253 e. The van der Waals surface area contributed by atoms with Gasteiger partial charge in [-0.3, -0.25) is 9.69 Å². The van der Waals surface area contributed by atoms with E-state index in [4.69, 9.17) is 10.8 Å². The van der Waals surface area contributed by atoms with E-state index in [1.54, 1.807) is 0 Å². The molecule has 2 aromatic carbocycles. The summed E-state index contributed by atoms with van der Waals surface area (Å²) in [7, 11) is 0. The topological polar surface area (TPSA) is 116 Å². The van der Waals surface area contributed by atoms with Gasteiger partial charge in [-0.1, -0.05) is 42.5 Å².